The zero-order valence-electron chi connectivity index (χ0n) is 12.0. The van der Waals surface area contributed by atoms with Crippen LogP contribution in [-0.2, 0) is 19.3 Å². The number of fused-ring (bicyclic) bond motifs is 2. The number of ether oxygens (including phenoxy) is 2. The van der Waals surface area contributed by atoms with E-state index in [0.29, 0.717) is 6.04 Å². The lowest BCUT2D eigenvalue weighted by molar-refractivity contribution is 0.268. The predicted octanol–water partition coefficient (Wildman–Crippen LogP) is 2.63. The Hall–Kier alpha value is -1.22. The van der Waals surface area contributed by atoms with Gasteiger partial charge < -0.3 is 14.8 Å². The van der Waals surface area contributed by atoms with E-state index in [4.69, 9.17) is 9.47 Å². The summed E-state index contributed by atoms with van der Waals surface area (Å²) < 4.78 is 12.0. The first-order valence-electron chi connectivity index (χ1n) is 8.08. The standard InChI is InChI=1S/C17H23NO2/c1-5-13(18-7-1)11-15-14-6-3-8-19-16(14)10-12-4-2-9-20-17(12)15/h10,13,18H,1-9,11H2. The van der Waals surface area contributed by atoms with Crippen LogP contribution < -0.4 is 14.8 Å². The molecule has 0 aliphatic carbocycles. The molecule has 0 amide bonds. The molecular weight excluding hydrogens is 250 g/mol. The van der Waals surface area contributed by atoms with Crippen molar-refractivity contribution in [2.45, 2.75) is 51.0 Å². The Balaban J connectivity index is 1.76. The van der Waals surface area contributed by atoms with Crippen molar-refractivity contribution in [3.8, 4) is 11.5 Å². The number of nitrogens with one attached hydrogen (secondary N) is 1. The van der Waals surface area contributed by atoms with Gasteiger partial charge in [-0.3, -0.25) is 0 Å². The minimum Gasteiger partial charge on any atom is -0.493 e. The van der Waals surface area contributed by atoms with Crippen molar-refractivity contribution in [2.24, 2.45) is 0 Å². The summed E-state index contributed by atoms with van der Waals surface area (Å²) >= 11 is 0. The van der Waals surface area contributed by atoms with Gasteiger partial charge in [-0.05, 0) is 63.1 Å². The Labute approximate surface area is 120 Å². The van der Waals surface area contributed by atoms with Gasteiger partial charge in [0, 0.05) is 17.2 Å². The Morgan fingerprint density at radius 3 is 2.90 bits per heavy atom. The van der Waals surface area contributed by atoms with E-state index in [1.807, 2.05) is 0 Å². The van der Waals surface area contributed by atoms with E-state index in [0.717, 1.165) is 51.1 Å². The summed E-state index contributed by atoms with van der Waals surface area (Å²) in [5.41, 5.74) is 4.23. The molecule has 3 aliphatic rings. The molecule has 0 saturated carbocycles. The molecule has 0 radical (unpaired) electrons. The zero-order valence-corrected chi connectivity index (χ0v) is 12.0. The molecule has 3 heteroatoms. The fourth-order valence-corrected chi connectivity index (χ4v) is 3.82. The highest BCUT2D eigenvalue weighted by Crippen LogP contribution is 2.40. The highest BCUT2D eigenvalue weighted by molar-refractivity contribution is 5.55. The minimum absolute atomic E-state index is 0.623. The Kier molecular flexibility index (Phi) is 3.31. The van der Waals surface area contributed by atoms with Gasteiger partial charge >= 0.3 is 0 Å². The van der Waals surface area contributed by atoms with Crippen LogP contribution in [0.4, 0.5) is 0 Å². The van der Waals surface area contributed by atoms with E-state index in [-0.39, 0.29) is 0 Å². The Bertz CT molecular complexity index is 472. The molecule has 1 atom stereocenters. The van der Waals surface area contributed by atoms with Gasteiger partial charge in [-0.15, -0.1) is 0 Å². The number of rotatable bonds is 2. The zero-order chi connectivity index (χ0) is 13.4. The highest BCUT2D eigenvalue weighted by Gasteiger charge is 2.26. The first-order valence-corrected chi connectivity index (χ1v) is 8.08. The second-order valence-electron chi connectivity index (χ2n) is 6.22. The summed E-state index contributed by atoms with van der Waals surface area (Å²) in [6.45, 7) is 2.91. The van der Waals surface area contributed by atoms with Crippen LogP contribution >= 0.6 is 0 Å². The summed E-state index contributed by atoms with van der Waals surface area (Å²) in [5.74, 6) is 2.32. The number of aryl methyl sites for hydroxylation is 1. The smallest absolute Gasteiger partial charge is 0.126 e. The van der Waals surface area contributed by atoms with Gasteiger partial charge in [0.05, 0.1) is 13.2 Å². The second-order valence-corrected chi connectivity index (χ2v) is 6.22. The third-order valence-electron chi connectivity index (χ3n) is 4.81. The number of hydrogen-bond donors (Lipinski definition) is 1. The molecule has 1 unspecified atom stereocenters. The third-order valence-corrected chi connectivity index (χ3v) is 4.81. The molecule has 108 valence electrons. The third kappa shape index (κ3) is 2.18. The van der Waals surface area contributed by atoms with Crippen molar-refractivity contribution in [2.75, 3.05) is 19.8 Å². The van der Waals surface area contributed by atoms with Crippen molar-refractivity contribution in [1.82, 2.24) is 5.32 Å². The largest absolute Gasteiger partial charge is 0.493 e. The van der Waals surface area contributed by atoms with Crippen molar-refractivity contribution < 1.29 is 9.47 Å². The normalized spacial score (nSPS) is 24.5. The molecule has 0 bridgehead atoms. The lowest BCUT2D eigenvalue weighted by Gasteiger charge is -2.28. The Morgan fingerprint density at radius 1 is 1.10 bits per heavy atom. The SMILES string of the molecule is c1c2c(c(CC3CCCN3)c3c1OCCC3)OCCC2. The van der Waals surface area contributed by atoms with Crippen molar-refractivity contribution in [1.29, 1.82) is 0 Å². The molecule has 1 aromatic rings. The molecule has 0 aromatic heterocycles. The number of benzene rings is 1. The minimum atomic E-state index is 0.623. The van der Waals surface area contributed by atoms with Gasteiger partial charge in [-0.1, -0.05) is 0 Å². The van der Waals surface area contributed by atoms with Crippen LogP contribution in [0.15, 0.2) is 6.07 Å². The maximum Gasteiger partial charge on any atom is 0.126 e. The van der Waals surface area contributed by atoms with Crippen LogP contribution in [0.25, 0.3) is 0 Å². The van der Waals surface area contributed by atoms with Crippen molar-refractivity contribution in [3.63, 3.8) is 0 Å². The van der Waals surface area contributed by atoms with Crippen LogP contribution in [0.5, 0.6) is 11.5 Å². The average Bonchev–Trinajstić information content (AvgIpc) is 3.00. The van der Waals surface area contributed by atoms with Gasteiger partial charge in [-0.2, -0.15) is 0 Å². The average molecular weight is 273 g/mol. The van der Waals surface area contributed by atoms with E-state index >= 15 is 0 Å². The first kappa shape index (κ1) is 12.5. The fraction of sp³-hybridized carbons (Fsp3) is 0.647. The lowest BCUT2D eigenvalue weighted by atomic mass is 9.89. The summed E-state index contributed by atoms with van der Waals surface area (Å²) in [6.07, 6.45) is 8.25. The van der Waals surface area contributed by atoms with E-state index < -0.39 is 0 Å². The molecule has 1 N–H and O–H groups in total. The molecule has 3 heterocycles. The molecule has 1 aromatic carbocycles. The van der Waals surface area contributed by atoms with Crippen LogP contribution in [0.3, 0.4) is 0 Å². The maximum atomic E-state index is 6.05. The molecule has 0 spiro atoms. The van der Waals surface area contributed by atoms with Crippen LogP contribution in [-0.4, -0.2) is 25.8 Å². The summed E-state index contributed by atoms with van der Waals surface area (Å²) in [4.78, 5) is 0. The molecule has 3 aliphatic heterocycles. The molecule has 3 nitrogen and oxygen atoms in total. The monoisotopic (exact) mass is 273 g/mol. The van der Waals surface area contributed by atoms with E-state index in [9.17, 15) is 0 Å². The summed E-state index contributed by atoms with van der Waals surface area (Å²) in [5, 5.41) is 3.62. The van der Waals surface area contributed by atoms with Gasteiger partial charge in [0.2, 0.25) is 0 Å². The van der Waals surface area contributed by atoms with Gasteiger partial charge in [0.25, 0.3) is 0 Å². The van der Waals surface area contributed by atoms with Crippen LogP contribution in [0, 0.1) is 0 Å². The molecule has 4 rings (SSSR count). The predicted molar refractivity (Wildman–Crippen MR) is 78.8 cm³/mol. The van der Waals surface area contributed by atoms with Crippen molar-refractivity contribution in [3.05, 3.63) is 22.8 Å². The Morgan fingerprint density at radius 2 is 2.00 bits per heavy atom. The number of hydrogen-bond acceptors (Lipinski definition) is 3. The summed E-state index contributed by atoms with van der Waals surface area (Å²) in [6, 6.07) is 2.87. The first-order chi connectivity index (χ1) is 9.92. The highest BCUT2D eigenvalue weighted by atomic mass is 16.5. The van der Waals surface area contributed by atoms with Gasteiger partial charge in [-0.25, -0.2) is 0 Å². The second kappa shape index (κ2) is 5.28. The van der Waals surface area contributed by atoms with Gasteiger partial charge in [0.15, 0.2) is 0 Å². The maximum absolute atomic E-state index is 6.05. The van der Waals surface area contributed by atoms with Crippen molar-refractivity contribution >= 4 is 0 Å². The van der Waals surface area contributed by atoms with Gasteiger partial charge in [0.1, 0.15) is 11.5 Å². The van der Waals surface area contributed by atoms with E-state index in [1.54, 1.807) is 0 Å². The quantitative estimate of drug-likeness (QED) is 0.898. The van der Waals surface area contributed by atoms with Crippen LogP contribution in [0.2, 0.25) is 0 Å². The summed E-state index contributed by atoms with van der Waals surface area (Å²) in [7, 11) is 0. The molecule has 1 fully saturated rings. The molecule has 1 saturated heterocycles. The van der Waals surface area contributed by atoms with E-state index in [2.05, 4.69) is 11.4 Å². The molecule has 20 heavy (non-hydrogen) atoms. The fourth-order valence-electron chi connectivity index (χ4n) is 3.82. The van der Waals surface area contributed by atoms with E-state index in [1.165, 1.54) is 41.8 Å². The molecular formula is C17H23NO2. The lowest BCUT2D eigenvalue weighted by Crippen LogP contribution is -2.26. The topological polar surface area (TPSA) is 30.5 Å². The van der Waals surface area contributed by atoms with Crippen LogP contribution in [0.1, 0.15) is 42.4 Å².